The Morgan fingerprint density at radius 1 is 1.38 bits per heavy atom. The van der Waals surface area contributed by atoms with Gasteiger partial charge >= 0.3 is 0 Å². The summed E-state index contributed by atoms with van der Waals surface area (Å²) in [6, 6.07) is 10.6. The van der Waals surface area contributed by atoms with E-state index in [9.17, 15) is 4.79 Å². The number of rotatable bonds is 8. The van der Waals surface area contributed by atoms with Gasteiger partial charge in [0.2, 0.25) is 5.91 Å². The summed E-state index contributed by atoms with van der Waals surface area (Å²) in [5, 5.41) is 6.54. The van der Waals surface area contributed by atoms with Gasteiger partial charge in [-0.05, 0) is 38.2 Å². The second-order valence-corrected chi connectivity index (χ2v) is 7.54. The largest absolute Gasteiger partial charge is 0.486 e. The van der Waals surface area contributed by atoms with Crippen LogP contribution in [0, 0.1) is 12.3 Å². The first-order valence-corrected chi connectivity index (χ1v) is 10.6. The Bertz CT molecular complexity index is 1430. The molecule has 1 aliphatic rings. The van der Waals surface area contributed by atoms with Crippen molar-refractivity contribution in [2.75, 3.05) is 44.3 Å². The Balaban J connectivity index is 1.63. The highest BCUT2D eigenvalue weighted by atomic mass is 16.5. The summed E-state index contributed by atoms with van der Waals surface area (Å²) in [4.78, 5) is 21.9. The Labute approximate surface area is 207 Å². The lowest BCUT2D eigenvalue weighted by Crippen LogP contribution is -2.18. The summed E-state index contributed by atoms with van der Waals surface area (Å²) in [6.45, 7) is -5.26. The van der Waals surface area contributed by atoms with Crippen LogP contribution in [-0.4, -0.2) is 60.6 Å². The van der Waals surface area contributed by atoms with Crippen LogP contribution in [0.5, 0.6) is 5.75 Å². The summed E-state index contributed by atoms with van der Waals surface area (Å²) in [5.74, 6) is 2.79. The van der Waals surface area contributed by atoms with Crippen LogP contribution in [0.1, 0.15) is 20.2 Å². The topological polar surface area (TPSA) is 88.6 Å². The van der Waals surface area contributed by atoms with Gasteiger partial charge in [0.25, 0.3) is 0 Å². The molecule has 174 valence electrons. The van der Waals surface area contributed by atoms with Crippen molar-refractivity contribution in [3.8, 4) is 18.1 Å². The molecule has 1 aromatic heterocycles. The first-order chi connectivity index (χ1) is 18.9. The van der Waals surface area contributed by atoms with E-state index in [1.165, 1.54) is 12.4 Å². The summed E-state index contributed by atoms with van der Waals surface area (Å²) >= 11 is 0. The van der Waals surface area contributed by atoms with E-state index >= 15 is 0 Å². The summed E-state index contributed by atoms with van der Waals surface area (Å²) in [7, 11) is 0. The minimum absolute atomic E-state index is 0.221. The first kappa shape index (κ1) is 16.6. The Hall–Kier alpha value is -3.93. The van der Waals surface area contributed by atoms with Gasteiger partial charge in [0.1, 0.15) is 24.0 Å². The van der Waals surface area contributed by atoms with Gasteiger partial charge in [-0.1, -0.05) is 18.1 Å². The maximum atomic E-state index is 12.8. The number of benzene rings is 2. The van der Waals surface area contributed by atoms with Crippen molar-refractivity contribution < 1.29 is 22.5 Å². The van der Waals surface area contributed by atoms with E-state index < -0.39 is 26.4 Å². The van der Waals surface area contributed by atoms with Gasteiger partial charge < -0.3 is 25.0 Å². The van der Waals surface area contributed by atoms with Crippen molar-refractivity contribution in [1.29, 1.82) is 0 Å². The number of fused-ring (bicyclic) bond motifs is 1. The quantitative estimate of drug-likeness (QED) is 0.390. The second kappa shape index (κ2) is 10.8. The number of nitrogens with one attached hydrogen (secondary N) is 2. The molecule has 8 nitrogen and oxygen atoms in total. The van der Waals surface area contributed by atoms with Crippen molar-refractivity contribution in [2.45, 2.75) is 12.5 Å². The van der Waals surface area contributed by atoms with Crippen molar-refractivity contribution in [3.63, 3.8) is 0 Å². The Kier molecular flexibility index (Phi) is 5.28. The van der Waals surface area contributed by atoms with Crippen LogP contribution in [0.3, 0.4) is 0 Å². The molecule has 34 heavy (non-hydrogen) atoms. The third-order valence-electron chi connectivity index (χ3n) is 5.03. The predicted octanol–water partition coefficient (Wildman–Crippen LogP) is 3.58. The second-order valence-electron chi connectivity index (χ2n) is 7.54. The van der Waals surface area contributed by atoms with Gasteiger partial charge in [0.05, 0.1) is 24.4 Å². The van der Waals surface area contributed by atoms with Crippen LogP contribution in [0.15, 0.2) is 54.9 Å². The molecule has 1 atom stereocenters. The number of aromatic nitrogens is 2. The molecule has 1 aliphatic heterocycles. The molecule has 0 bridgehead atoms. The molecular formula is C26H27N5O3. The molecule has 0 spiro atoms. The van der Waals surface area contributed by atoms with E-state index in [1.807, 2.05) is 12.1 Å². The molecule has 1 saturated heterocycles. The van der Waals surface area contributed by atoms with Crippen molar-refractivity contribution >= 4 is 34.0 Å². The average Bonchev–Trinajstić information content (AvgIpc) is 3.39. The average molecular weight is 464 g/mol. The van der Waals surface area contributed by atoms with Crippen LogP contribution in [-0.2, 0) is 9.53 Å². The van der Waals surface area contributed by atoms with E-state index in [2.05, 4.69) is 26.5 Å². The molecule has 2 aromatic carbocycles. The molecule has 8 heteroatoms. The highest BCUT2D eigenvalue weighted by molar-refractivity contribution is 6.03. The number of carbonyl (C=O) groups excluding carboxylic acids is 1. The van der Waals surface area contributed by atoms with E-state index in [4.69, 9.17) is 24.1 Å². The highest BCUT2D eigenvalue weighted by Crippen LogP contribution is 2.34. The summed E-state index contributed by atoms with van der Waals surface area (Å²) in [5.41, 5.74) is 2.26. The number of likely N-dealkylation sites (N-methyl/N-ethyl adjacent to an activating group) is 1. The van der Waals surface area contributed by atoms with E-state index in [-0.39, 0.29) is 6.10 Å². The number of anilines is 3. The van der Waals surface area contributed by atoms with Crippen LogP contribution in [0.2, 0.25) is 0 Å². The summed E-state index contributed by atoms with van der Waals surface area (Å²) < 4.78 is 56.2. The molecule has 2 N–H and O–H groups in total. The lowest BCUT2D eigenvalue weighted by molar-refractivity contribution is -0.111. The van der Waals surface area contributed by atoms with Crippen LogP contribution in [0.25, 0.3) is 10.9 Å². The number of carbonyl (C=O) groups is 1. The zero-order chi connectivity index (χ0) is 28.9. The Morgan fingerprint density at radius 3 is 3.09 bits per heavy atom. The number of nitrogens with zero attached hydrogens (tertiary/aromatic N) is 3. The number of ether oxygens (including phenoxy) is 2. The maximum absolute atomic E-state index is 12.8. The van der Waals surface area contributed by atoms with Gasteiger partial charge in [-0.2, -0.15) is 0 Å². The first-order valence-electron chi connectivity index (χ1n) is 13.6. The normalized spacial score (nSPS) is 18.9. The molecule has 4 rings (SSSR count). The van der Waals surface area contributed by atoms with Crippen molar-refractivity contribution in [3.05, 3.63) is 60.4 Å². The van der Waals surface area contributed by atoms with Crippen molar-refractivity contribution in [1.82, 2.24) is 14.9 Å². The number of amides is 1. The molecule has 1 fully saturated rings. The molecular weight excluding hydrogens is 430 g/mol. The zero-order valence-corrected chi connectivity index (χ0v) is 18.2. The molecule has 0 aliphatic carbocycles. The van der Waals surface area contributed by atoms with E-state index in [0.29, 0.717) is 63.9 Å². The minimum Gasteiger partial charge on any atom is -0.486 e. The number of hydrogen-bond acceptors (Lipinski definition) is 7. The maximum Gasteiger partial charge on any atom is 0.248 e. The third-order valence-corrected chi connectivity index (χ3v) is 5.03. The number of hydrogen-bond donors (Lipinski definition) is 2. The predicted molar refractivity (Wildman–Crippen MR) is 133 cm³/mol. The minimum atomic E-state index is -2.86. The third kappa shape index (κ3) is 5.90. The van der Waals surface area contributed by atoms with E-state index in [0.717, 1.165) is 6.08 Å². The molecule has 2 heterocycles. The van der Waals surface area contributed by atoms with Gasteiger partial charge in [-0.25, -0.2) is 9.97 Å². The van der Waals surface area contributed by atoms with Crippen molar-refractivity contribution in [2.24, 2.45) is 0 Å². The SMILES string of the molecule is [2H]C([2H])([2H])N(C/C=C/C(=O)Nc1cc2c(Nc3cccc(C#C)c3)ncnc2cc1O[C@H]1CCOC1)C([2H])([2H])[2H]. The van der Waals surface area contributed by atoms with Gasteiger partial charge in [0, 0.05) is 50.0 Å². The highest BCUT2D eigenvalue weighted by Gasteiger charge is 2.20. The molecule has 0 radical (unpaired) electrons. The van der Waals surface area contributed by atoms with Crippen LogP contribution >= 0.6 is 0 Å². The fourth-order valence-electron chi connectivity index (χ4n) is 3.43. The molecule has 0 saturated carbocycles. The van der Waals surface area contributed by atoms with E-state index in [1.54, 1.807) is 24.3 Å². The van der Waals surface area contributed by atoms with Gasteiger partial charge in [-0.3, -0.25) is 4.79 Å². The van der Waals surface area contributed by atoms with Crippen LogP contribution in [0.4, 0.5) is 17.2 Å². The lowest BCUT2D eigenvalue weighted by Gasteiger charge is -2.17. The fraction of sp³-hybridized carbons (Fsp3) is 0.269. The van der Waals surface area contributed by atoms with Gasteiger partial charge in [-0.15, -0.1) is 6.42 Å². The lowest BCUT2D eigenvalue weighted by atomic mass is 10.1. The fourth-order valence-corrected chi connectivity index (χ4v) is 3.43. The molecule has 1 amide bonds. The van der Waals surface area contributed by atoms with Gasteiger partial charge in [0.15, 0.2) is 0 Å². The monoisotopic (exact) mass is 463 g/mol. The smallest absolute Gasteiger partial charge is 0.248 e. The number of terminal acetylenes is 1. The molecule has 3 aromatic rings. The van der Waals surface area contributed by atoms with Crippen LogP contribution < -0.4 is 15.4 Å². The zero-order valence-electron chi connectivity index (χ0n) is 24.2. The Morgan fingerprint density at radius 2 is 2.29 bits per heavy atom. The summed E-state index contributed by atoms with van der Waals surface area (Å²) in [6.07, 6.45) is 9.62. The standard InChI is InChI=1S/C26H27N5O3/c1-4-18-7-5-8-19(13-18)29-26-21-14-23(30-25(32)9-6-11-31(2)3)24(15-22(21)27-17-28-26)34-20-10-12-33-16-20/h1,5-9,13-15,17,20H,10-12,16H2,2-3H3,(H,30,32)(H,27,28,29)/b9-6+/t20-/m0/s1/i2D3,3D3. The molecule has 0 unspecified atom stereocenters.